The normalized spacial score (nSPS) is 11.2. The number of rotatable bonds is 3. The molecule has 0 amide bonds. The maximum absolute atomic E-state index is 3.95. The van der Waals surface area contributed by atoms with Crippen molar-refractivity contribution < 1.29 is 0 Å². The van der Waals surface area contributed by atoms with Gasteiger partial charge in [0.15, 0.2) is 0 Å². The largest absolute Gasteiger partial charge is 0.278 e. The summed E-state index contributed by atoms with van der Waals surface area (Å²) in [6, 6.07) is 2.69. The lowest BCUT2D eigenvalue weighted by molar-refractivity contribution is 0.301. The highest BCUT2D eigenvalue weighted by Gasteiger charge is 2.02. The third-order valence-electron chi connectivity index (χ3n) is 1.38. The summed E-state index contributed by atoms with van der Waals surface area (Å²) in [7, 11) is 0. The van der Waals surface area contributed by atoms with Gasteiger partial charge in [-0.05, 0) is 34.6 Å². The van der Waals surface area contributed by atoms with E-state index in [2.05, 4.69) is 22.3 Å². The fourth-order valence-corrected chi connectivity index (χ4v) is 0.628. The molecular formula is C10H19N3. The van der Waals surface area contributed by atoms with Crippen LogP contribution in [0.3, 0.4) is 0 Å². The van der Waals surface area contributed by atoms with Crippen molar-refractivity contribution in [3.8, 4) is 12.0 Å². The highest BCUT2D eigenvalue weighted by Crippen LogP contribution is 2.09. The van der Waals surface area contributed by atoms with Gasteiger partial charge in [-0.2, -0.15) is 0 Å². The van der Waals surface area contributed by atoms with Crippen molar-refractivity contribution in [3.63, 3.8) is 0 Å². The summed E-state index contributed by atoms with van der Waals surface area (Å²) in [6.07, 6.45) is 0. The zero-order chi connectivity index (χ0) is 10.3. The van der Waals surface area contributed by atoms with Crippen LogP contribution in [0.1, 0.15) is 34.6 Å². The van der Waals surface area contributed by atoms with Crippen molar-refractivity contribution in [1.29, 1.82) is 0 Å². The minimum atomic E-state index is 0.00226. The van der Waals surface area contributed by atoms with Crippen LogP contribution in [-0.2, 0) is 0 Å². The molecule has 13 heavy (non-hydrogen) atoms. The van der Waals surface area contributed by atoms with Crippen molar-refractivity contribution in [2.24, 2.45) is 15.8 Å². The molecular weight excluding hydrogens is 162 g/mol. The van der Waals surface area contributed by atoms with Gasteiger partial charge in [0, 0.05) is 18.5 Å². The van der Waals surface area contributed by atoms with Crippen LogP contribution in [0.2, 0.25) is 0 Å². The van der Waals surface area contributed by atoms with E-state index in [0.717, 1.165) is 13.1 Å². The first-order chi connectivity index (χ1) is 5.99. The Morgan fingerprint density at radius 2 is 1.69 bits per heavy atom. The van der Waals surface area contributed by atoms with E-state index in [1.165, 1.54) is 0 Å². The molecule has 0 fully saturated rings. The zero-order valence-electron chi connectivity index (χ0n) is 9.26. The Kier molecular flexibility index (Phi) is 5.13. The van der Waals surface area contributed by atoms with Gasteiger partial charge >= 0.3 is 0 Å². The van der Waals surface area contributed by atoms with Gasteiger partial charge in [0.1, 0.15) is 0 Å². The molecule has 0 aromatic heterocycles. The van der Waals surface area contributed by atoms with E-state index in [4.69, 9.17) is 0 Å². The van der Waals surface area contributed by atoms with Crippen molar-refractivity contribution in [2.45, 2.75) is 34.6 Å². The van der Waals surface area contributed by atoms with E-state index in [-0.39, 0.29) is 5.41 Å². The second-order valence-electron chi connectivity index (χ2n) is 3.82. The maximum Gasteiger partial charge on any atom is 0.0599 e. The van der Waals surface area contributed by atoms with Crippen LogP contribution in [0, 0.1) is 17.4 Å². The predicted molar refractivity (Wildman–Crippen MR) is 55.0 cm³/mol. The molecule has 0 aliphatic carbocycles. The summed E-state index contributed by atoms with van der Waals surface area (Å²) in [5.74, 6) is 2.99. The molecule has 3 nitrogen and oxygen atoms in total. The van der Waals surface area contributed by atoms with E-state index in [9.17, 15) is 0 Å². The molecule has 0 aromatic carbocycles. The van der Waals surface area contributed by atoms with Crippen LogP contribution < -0.4 is 0 Å². The van der Waals surface area contributed by atoms with Crippen molar-refractivity contribution in [1.82, 2.24) is 5.01 Å². The summed E-state index contributed by atoms with van der Waals surface area (Å²) < 4.78 is 0. The van der Waals surface area contributed by atoms with E-state index >= 15 is 0 Å². The van der Waals surface area contributed by atoms with E-state index in [1.807, 2.05) is 39.6 Å². The molecule has 0 radical (unpaired) electrons. The van der Waals surface area contributed by atoms with Crippen LogP contribution in [0.4, 0.5) is 0 Å². The molecule has 3 heteroatoms. The van der Waals surface area contributed by atoms with Crippen LogP contribution >= 0.6 is 0 Å². The van der Waals surface area contributed by atoms with Gasteiger partial charge in [-0.1, -0.05) is 16.3 Å². The third kappa shape index (κ3) is 7.32. The Morgan fingerprint density at radius 3 is 2.08 bits per heavy atom. The first-order valence-electron chi connectivity index (χ1n) is 4.67. The molecule has 74 valence electrons. The number of hydrogen-bond acceptors (Lipinski definition) is 2. The molecule has 0 saturated heterocycles. The second kappa shape index (κ2) is 5.58. The quantitative estimate of drug-likeness (QED) is 0.374. The predicted octanol–water partition coefficient (Wildman–Crippen LogP) is 2.70. The summed E-state index contributed by atoms with van der Waals surface area (Å²) >= 11 is 0. The average Bonchev–Trinajstić information content (AvgIpc) is 2.03. The van der Waals surface area contributed by atoms with Crippen LogP contribution in [-0.4, -0.2) is 18.1 Å². The highest BCUT2D eigenvalue weighted by atomic mass is 15.5. The number of hydrogen-bond donors (Lipinski definition) is 0. The standard InChI is InChI=1S/C10H19N3/c1-6-13(7-2)12-11-9-8-10(3,4)5/h6-7H2,1-5H3. The molecule has 0 aromatic rings. The first kappa shape index (κ1) is 12.0. The van der Waals surface area contributed by atoms with E-state index in [1.54, 1.807) is 0 Å². The summed E-state index contributed by atoms with van der Waals surface area (Å²) in [6.45, 7) is 12.0. The molecule has 0 rings (SSSR count). The lowest BCUT2D eigenvalue weighted by atomic mass is 9.99. The Balaban J connectivity index is 4.04. The highest BCUT2D eigenvalue weighted by molar-refractivity contribution is 5.05. The smallest absolute Gasteiger partial charge is 0.0599 e. The van der Waals surface area contributed by atoms with Crippen LogP contribution in [0.15, 0.2) is 10.3 Å². The van der Waals surface area contributed by atoms with E-state index < -0.39 is 0 Å². The summed E-state index contributed by atoms with van der Waals surface area (Å²) in [5, 5.41) is 9.60. The molecule has 0 bridgehead atoms. The molecule has 0 atom stereocenters. The fraction of sp³-hybridized carbons (Fsp3) is 0.800. The van der Waals surface area contributed by atoms with Gasteiger partial charge < -0.3 is 0 Å². The molecule has 0 aliphatic heterocycles. The van der Waals surface area contributed by atoms with Gasteiger partial charge in [0.05, 0.1) is 6.04 Å². The number of nitrogens with zero attached hydrogens (tertiary/aromatic N) is 3. The Morgan fingerprint density at radius 1 is 1.15 bits per heavy atom. The Hall–Kier alpha value is -1.04. The monoisotopic (exact) mass is 181 g/mol. The van der Waals surface area contributed by atoms with Crippen LogP contribution in [0.25, 0.3) is 0 Å². The van der Waals surface area contributed by atoms with Gasteiger partial charge in [0.2, 0.25) is 0 Å². The molecule has 0 heterocycles. The topological polar surface area (TPSA) is 28.0 Å². The van der Waals surface area contributed by atoms with Gasteiger partial charge in [-0.25, -0.2) is 0 Å². The Bertz CT molecular complexity index is 211. The molecule has 0 spiro atoms. The average molecular weight is 181 g/mol. The van der Waals surface area contributed by atoms with Gasteiger partial charge in [-0.15, -0.1) is 0 Å². The van der Waals surface area contributed by atoms with Gasteiger partial charge in [-0.3, -0.25) is 5.01 Å². The zero-order valence-corrected chi connectivity index (χ0v) is 9.26. The molecule has 0 N–H and O–H groups in total. The SMILES string of the molecule is CCN(CC)N=NC#CC(C)(C)C. The van der Waals surface area contributed by atoms with Crippen molar-refractivity contribution in [3.05, 3.63) is 0 Å². The lowest BCUT2D eigenvalue weighted by Crippen LogP contribution is -2.14. The van der Waals surface area contributed by atoms with Crippen molar-refractivity contribution >= 4 is 0 Å². The third-order valence-corrected chi connectivity index (χ3v) is 1.38. The summed E-state index contributed by atoms with van der Waals surface area (Å²) in [5.41, 5.74) is 0.00226. The molecule has 0 saturated carbocycles. The maximum atomic E-state index is 3.95. The minimum absolute atomic E-state index is 0.00226. The van der Waals surface area contributed by atoms with Crippen molar-refractivity contribution in [2.75, 3.05) is 13.1 Å². The molecule has 0 aliphatic rings. The lowest BCUT2D eigenvalue weighted by Gasteiger charge is -2.10. The first-order valence-corrected chi connectivity index (χ1v) is 4.67. The molecule has 0 unspecified atom stereocenters. The van der Waals surface area contributed by atoms with Gasteiger partial charge in [0.25, 0.3) is 0 Å². The fourth-order valence-electron chi connectivity index (χ4n) is 0.628. The van der Waals surface area contributed by atoms with E-state index in [0.29, 0.717) is 0 Å². The minimum Gasteiger partial charge on any atom is -0.278 e. The Labute approximate surface area is 81.2 Å². The summed E-state index contributed by atoms with van der Waals surface area (Å²) in [4.78, 5) is 0. The second-order valence-corrected chi connectivity index (χ2v) is 3.82. The van der Waals surface area contributed by atoms with Crippen LogP contribution in [0.5, 0.6) is 0 Å².